The molecule has 0 bridgehead atoms. The number of benzene rings is 2. The number of rotatable bonds is 4. The summed E-state index contributed by atoms with van der Waals surface area (Å²) in [4.78, 5) is 15.2. The van der Waals surface area contributed by atoms with Crippen molar-refractivity contribution in [2.45, 2.75) is 6.04 Å². The molecule has 0 fully saturated rings. The number of nitrogens with one attached hydrogen (secondary N) is 2. The molecule has 0 aliphatic heterocycles. The Morgan fingerprint density at radius 3 is 2.64 bits per heavy atom. The van der Waals surface area contributed by atoms with E-state index in [1.807, 2.05) is 30.3 Å². The highest BCUT2D eigenvalue weighted by atomic mass is 19.1. The molecule has 0 aliphatic carbocycles. The summed E-state index contributed by atoms with van der Waals surface area (Å²) in [5.74, 6) is -0.770. The van der Waals surface area contributed by atoms with Gasteiger partial charge in [0.1, 0.15) is 11.5 Å². The molecule has 1 atom stereocenters. The molecule has 1 amide bonds. The predicted molar refractivity (Wildman–Crippen MR) is 82.0 cm³/mol. The molecule has 1 heterocycles. The van der Waals surface area contributed by atoms with Crippen molar-refractivity contribution in [1.29, 1.82) is 0 Å². The third kappa shape index (κ3) is 2.71. The first kappa shape index (κ1) is 14.3. The molecule has 3 N–H and O–H groups in total. The Balaban J connectivity index is 1.85. The Morgan fingerprint density at radius 2 is 1.95 bits per heavy atom. The highest BCUT2D eigenvalue weighted by Crippen LogP contribution is 2.19. The average molecular weight is 298 g/mol. The van der Waals surface area contributed by atoms with Crippen LogP contribution in [0.5, 0.6) is 0 Å². The zero-order valence-electron chi connectivity index (χ0n) is 11.7. The second-order valence-electron chi connectivity index (χ2n) is 5.00. The summed E-state index contributed by atoms with van der Waals surface area (Å²) in [7, 11) is 0. The molecule has 0 saturated heterocycles. The van der Waals surface area contributed by atoms with E-state index in [2.05, 4.69) is 10.3 Å². The fourth-order valence-corrected chi connectivity index (χ4v) is 2.40. The van der Waals surface area contributed by atoms with Gasteiger partial charge in [-0.25, -0.2) is 4.39 Å². The van der Waals surface area contributed by atoms with Crippen LogP contribution >= 0.6 is 0 Å². The van der Waals surface area contributed by atoms with E-state index in [4.69, 9.17) is 0 Å². The lowest BCUT2D eigenvalue weighted by Crippen LogP contribution is -2.30. The summed E-state index contributed by atoms with van der Waals surface area (Å²) in [6.45, 7) is -0.218. The van der Waals surface area contributed by atoms with Crippen LogP contribution in [0.4, 0.5) is 4.39 Å². The third-order valence-electron chi connectivity index (χ3n) is 3.55. The molecule has 4 nitrogen and oxygen atoms in total. The minimum atomic E-state index is -0.509. The van der Waals surface area contributed by atoms with Gasteiger partial charge < -0.3 is 15.4 Å². The van der Waals surface area contributed by atoms with Crippen molar-refractivity contribution in [1.82, 2.24) is 10.3 Å². The van der Waals surface area contributed by atoms with Gasteiger partial charge in [0.25, 0.3) is 5.91 Å². The first-order chi connectivity index (χ1) is 10.7. The number of amides is 1. The van der Waals surface area contributed by atoms with E-state index in [1.54, 1.807) is 12.1 Å². The normalized spacial score (nSPS) is 12.3. The van der Waals surface area contributed by atoms with Gasteiger partial charge in [-0.05, 0) is 23.8 Å². The van der Waals surface area contributed by atoms with Crippen molar-refractivity contribution in [2.24, 2.45) is 0 Å². The average Bonchev–Trinajstić information content (AvgIpc) is 2.99. The van der Waals surface area contributed by atoms with Gasteiger partial charge in [0, 0.05) is 10.9 Å². The zero-order chi connectivity index (χ0) is 15.5. The number of halogens is 1. The van der Waals surface area contributed by atoms with Crippen LogP contribution in [-0.2, 0) is 0 Å². The van der Waals surface area contributed by atoms with Crippen LogP contribution in [0.2, 0.25) is 0 Å². The first-order valence-electron chi connectivity index (χ1n) is 6.93. The predicted octanol–water partition coefficient (Wildman–Crippen LogP) is 2.77. The topological polar surface area (TPSA) is 65.1 Å². The lowest BCUT2D eigenvalue weighted by molar-refractivity contribution is 0.0912. The molecule has 3 aromatic rings. The number of hydrogen-bond donors (Lipinski definition) is 3. The number of aliphatic hydroxyl groups excluding tert-OH is 1. The van der Waals surface area contributed by atoms with Gasteiger partial charge in [0.05, 0.1) is 12.6 Å². The Hall–Kier alpha value is -2.66. The van der Waals surface area contributed by atoms with Crippen LogP contribution in [0.1, 0.15) is 22.1 Å². The highest BCUT2D eigenvalue weighted by molar-refractivity contribution is 5.98. The summed E-state index contributed by atoms with van der Waals surface area (Å²) >= 11 is 0. The van der Waals surface area contributed by atoms with Crippen LogP contribution in [0, 0.1) is 5.82 Å². The van der Waals surface area contributed by atoms with Crippen LogP contribution < -0.4 is 5.32 Å². The lowest BCUT2D eigenvalue weighted by atomic mass is 10.1. The molecule has 0 saturated carbocycles. The standard InChI is InChI=1S/C17H15FN2O2/c18-13-7-4-8-14-12(13)9-15(19-14)17(22)20-16(10-21)11-5-2-1-3-6-11/h1-9,16,19,21H,10H2,(H,20,22)/t16-/m1/s1. The number of carbonyl (C=O) groups excluding carboxylic acids is 1. The summed E-state index contributed by atoms with van der Waals surface area (Å²) in [5, 5.41) is 12.6. The van der Waals surface area contributed by atoms with Gasteiger partial charge in [-0.2, -0.15) is 0 Å². The van der Waals surface area contributed by atoms with Crippen molar-refractivity contribution in [3.05, 3.63) is 71.7 Å². The molecule has 0 aliphatic rings. The molecule has 0 unspecified atom stereocenters. The molecule has 5 heteroatoms. The molecule has 22 heavy (non-hydrogen) atoms. The van der Waals surface area contributed by atoms with Crippen molar-refractivity contribution in [3.63, 3.8) is 0 Å². The smallest absolute Gasteiger partial charge is 0.268 e. The molecule has 0 spiro atoms. The minimum absolute atomic E-state index is 0.218. The van der Waals surface area contributed by atoms with Gasteiger partial charge in [-0.15, -0.1) is 0 Å². The number of hydrogen-bond acceptors (Lipinski definition) is 2. The van der Waals surface area contributed by atoms with Crippen LogP contribution in [-0.4, -0.2) is 22.6 Å². The van der Waals surface area contributed by atoms with Gasteiger partial charge in [0.2, 0.25) is 0 Å². The van der Waals surface area contributed by atoms with E-state index in [9.17, 15) is 14.3 Å². The molecule has 112 valence electrons. The molecule has 1 aromatic heterocycles. The van der Waals surface area contributed by atoms with Crippen molar-refractivity contribution < 1.29 is 14.3 Å². The fourth-order valence-electron chi connectivity index (χ4n) is 2.40. The van der Waals surface area contributed by atoms with E-state index in [-0.39, 0.29) is 18.1 Å². The highest BCUT2D eigenvalue weighted by Gasteiger charge is 2.17. The van der Waals surface area contributed by atoms with Crippen LogP contribution in [0.3, 0.4) is 0 Å². The summed E-state index contributed by atoms with van der Waals surface area (Å²) < 4.78 is 13.7. The number of H-pyrrole nitrogens is 1. The second kappa shape index (κ2) is 5.99. The zero-order valence-corrected chi connectivity index (χ0v) is 11.7. The third-order valence-corrected chi connectivity index (χ3v) is 3.55. The van der Waals surface area contributed by atoms with Crippen LogP contribution in [0.15, 0.2) is 54.6 Å². The summed E-state index contributed by atoms with van der Waals surface area (Å²) in [6.07, 6.45) is 0. The number of aliphatic hydroxyl groups is 1. The molecular formula is C17H15FN2O2. The first-order valence-corrected chi connectivity index (χ1v) is 6.93. The van der Waals surface area contributed by atoms with Gasteiger partial charge in [0.15, 0.2) is 0 Å². The second-order valence-corrected chi connectivity index (χ2v) is 5.00. The molecular weight excluding hydrogens is 283 g/mol. The van der Waals surface area contributed by atoms with Crippen molar-refractivity contribution >= 4 is 16.8 Å². The van der Waals surface area contributed by atoms with E-state index < -0.39 is 11.9 Å². The quantitative estimate of drug-likeness (QED) is 0.693. The fraction of sp³-hybridized carbons (Fsp3) is 0.118. The maximum atomic E-state index is 13.7. The maximum absolute atomic E-state index is 13.7. The Labute approximate surface area is 126 Å². The van der Waals surface area contributed by atoms with Gasteiger partial charge >= 0.3 is 0 Å². The summed E-state index contributed by atoms with van der Waals surface area (Å²) in [6, 6.07) is 14.8. The van der Waals surface area contributed by atoms with Crippen molar-refractivity contribution in [3.8, 4) is 0 Å². The van der Waals surface area contributed by atoms with E-state index in [0.29, 0.717) is 10.9 Å². The monoisotopic (exact) mass is 298 g/mol. The molecule has 0 radical (unpaired) electrons. The Kier molecular flexibility index (Phi) is 3.89. The lowest BCUT2D eigenvalue weighted by Gasteiger charge is -2.16. The van der Waals surface area contributed by atoms with Crippen molar-refractivity contribution in [2.75, 3.05) is 6.61 Å². The summed E-state index contributed by atoms with van der Waals surface area (Å²) in [5.41, 5.74) is 1.63. The SMILES string of the molecule is O=C(N[C@H](CO)c1ccccc1)c1cc2c(F)cccc2[nH]1. The number of aromatic amines is 1. The van der Waals surface area contributed by atoms with Crippen LogP contribution in [0.25, 0.3) is 10.9 Å². The number of aromatic nitrogens is 1. The minimum Gasteiger partial charge on any atom is -0.394 e. The van der Waals surface area contributed by atoms with E-state index >= 15 is 0 Å². The Morgan fingerprint density at radius 1 is 1.18 bits per heavy atom. The molecule has 2 aromatic carbocycles. The van der Waals surface area contributed by atoms with Gasteiger partial charge in [-0.3, -0.25) is 4.79 Å². The van der Waals surface area contributed by atoms with E-state index in [0.717, 1.165) is 5.56 Å². The van der Waals surface area contributed by atoms with Gasteiger partial charge in [-0.1, -0.05) is 36.4 Å². The largest absolute Gasteiger partial charge is 0.394 e. The maximum Gasteiger partial charge on any atom is 0.268 e. The van der Waals surface area contributed by atoms with E-state index in [1.165, 1.54) is 12.1 Å². The molecule has 3 rings (SSSR count). The number of fused-ring (bicyclic) bond motifs is 1. The number of carbonyl (C=O) groups is 1. The Bertz CT molecular complexity index is 799.